The Balaban J connectivity index is 1.88. The zero-order valence-electron chi connectivity index (χ0n) is 18.9. The van der Waals surface area contributed by atoms with E-state index in [1.165, 1.54) is 15.9 Å². The van der Waals surface area contributed by atoms with Crippen molar-refractivity contribution >= 4 is 23.4 Å². The van der Waals surface area contributed by atoms with E-state index in [0.29, 0.717) is 33.0 Å². The molecule has 0 aliphatic carbocycles. The van der Waals surface area contributed by atoms with Crippen LogP contribution < -0.4 is 19.6 Å². The smallest absolute Gasteiger partial charge is 0.338 e. The van der Waals surface area contributed by atoms with Crippen LogP contribution in [0.15, 0.2) is 82.2 Å². The molecule has 34 heavy (non-hydrogen) atoms. The van der Waals surface area contributed by atoms with Crippen LogP contribution >= 0.6 is 11.3 Å². The van der Waals surface area contributed by atoms with Gasteiger partial charge in [-0.2, -0.15) is 0 Å². The highest BCUT2D eigenvalue weighted by Crippen LogP contribution is 2.31. The number of benzene rings is 2. The summed E-state index contributed by atoms with van der Waals surface area (Å²) in [5.74, 6) is 0.296. The summed E-state index contributed by atoms with van der Waals surface area (Å²) in [6, 6.07) is 13.1. The van der Waals surface area contributed by atoms with Gasteiger partial charge in [0.2, 0.25) is 0 Å². The number of aromatic hydroxyl groups is 1. The molecule has 4 rings (SSSR count). The van der Waals surface area contributed by atoms with E-state index in [9.17, 15) is 14.7 Å². The molecule has 0 amide bonds. The number of fused-ring (bicyclic) bond motifs is 1. The van der Waals surface area contributed by atoms with Crippen LogP contribution in [0.4, 0.5) is 0 Å². The van der Waals surface area contributed by atoms with E-state index in [1.54, 1.807) is 62.4 Å². The second-order valence-electron chi connectivity index (χ2n) is 7.56. The van der Waals surface area contributed by atoms with Crippen LogP contribution in [0.1, 0.15) is 31.0 Å². The molecule has 0 bridgehead atoms. The lowest BCUT2D eigenvalue weighted by atomic mass is 9.96. The lowest BCUT2D eigenvalue weighted by Crippen LogP contribution is -2.39. The molecule has 3 aromatic rings. The molecule has 1 unspecified atom stereocenters. The van der Waals surface area contributed by atoms with Crippen LogP contribution in [0.3, 0.4) is 0 Å². The van der Waals surface area contributed by atoms with Crippen molar-refractivity contribution in [3.63, 3.8) is 0 Å². The molecule has 0 saturated heterocycles. The average Bonchev–Trinajstić information content (AvgIpc) is 3.13. The molecule has 0 spiro atoms. The molecule has 1 aliphatic rings. The number of esters is 1. The van der Waals surface area contributed by atoms with Crippen LogP contribution in [-0.2, 0) is 9.53 Å². The molecule has 2 aromatic carbocycles. The summed E-state index contributed by atoms with van der Waals surface area (Å²) in [5, 5.41) is 9.54. The van der Waals surface area contributed by atoms with Gasteiger partial charge >= 0.3 is 5.97 Å². The lowest BCUT2D eigenvalue weighted by molar-refractivity contribution is -0.139. The van der Waals surface area contributed by atoms with Crippen LogP contribution in [0.5, 0.6) is 11.5 Å². The van der Waals surface area contributed by atoms with Crippen molar-refractivity contribution < 1.29 is 19.4 Å². The van der Waals surface area contributed by atoms with Gasteiger partial charge in [0.25, 0.3) is 5.56 Å². The number of carbonyl (C=O) groups is 1. The van der Waals surface area contributed by atoms with Gasteiger partial charge in [-0.3, -0.25) is 9.36 Å². The molecule has 1 aromatic heterocycles. The third kappa shape index (κ3) is 4.58. The Labute approximate surface area is 200 Å². The summed E-state index contributed by atoms with van der Waals surface area (Å²) in [4.78, 5) is 31.5. The van der Waals surface area contributed by atoms with Gasteiger partial charge in [0.15, 0.2) is 4.80 Å². The molecule has 1 atom stereocenters. The lowest BCUT2D eigenvalue weighted by Gasteiger charge is -2.24. The fourth-order valence-electron chi connectivity index (χ4n) is 3.73. The fourth-order valence-corrected chi connectivity index (χ4v) is 4.78. The van der Waals surface area contributed by atoms with Crippen molar-refractivity contribution in [2.75, 3.05) is 13.2 Å². The van der Waals surface area contributed by atoms with Gasteiger partial charge < -0.3 is 14.6 Å². The normalized spacial score (nSPS) is 15.5. The number of phenolic OH excluding ortho intramolecular Hbond substituents is 1. The first-order valence-electron chi connectivity index (χ1n) is 10.7. The maximum Gasteiger partial charge on any atom is 0.338 e. The SMILES string of the molecule is C=CCOc1ccc(C2C(C(=O)OCC)=C(C)N=c3s/c(=C\c4ccc(O)cc4)c(=O)n32)cc1. The van der Waals surface area contributed by atoms with Gasteiger partial charge in [-0.05, 0) is 55.3 Å². The van der Waals surface area contributed by atoms with Crippen molar-refractivity contribution in [3.05, 3.63) is 103 Å². The second kappa shape index (κ2) is 9.93. The van der Waals surface area contributed by atoms with Gasteiger partial charge in [0.05, 0.1) is 28.5 Å². The van der Waals surface area contributed by atoms with Crippen molar-refractivity contribution in [3.8, 4) is 11.5 Å². The van der Waals surface area contributed by atoms with Gasteiger partial charge in [-0.1, -0.05) is 48.3 Å². The van der Waals surface area contributed by atoms with E-state index in [1.807, 2.05) is 12.1 Å². The Morgan fingerprint density at radius 2 is 1.91 bits per heavy atom. The van der Waals surface area contributed by atoms with Crippen molar-refractivity contribution in [2.45, 2.75) is 19.9 Å². The number of rotatable bonds is 7. The topological polar surface area (TPSA) is 90.1 Å². The Bertz CT molecular complexity index is 1430. The number of aromatic nitrogens is 1. The quantitative estimate of drug-likeness (QED) is 0.418. The van der Waals surface area contributed by atoms with Crippen LogP contribution in [0, 0.1) is 0 Å². The summed E-state index contributed by atoms with van der Waals surface area (Å²) < 4.78 is 12.9. The van der Waals surface area contributed by atoms with Crippen molar-refractivity contribution in [1.82, 2.24) is 4.57 Å². The Morgan fingerprint density at radius 3 is 2.56 bits per heavy atom. The predicted molar refractivity (Wildman–Crippen MR) is 131 cm³/mol. The first-order chi connectivity index (χ1) is 16.4. The highest BCUT2D eigenvalue weighted by molar-refractivity contribution is 7.07. The number of thiazole rings is 1. The number of allylic oxidation sites excluding steroid dienone is 1. The van der Waals surface area contributed by atoms with Crippen molar-refractivity contribution in [2.24, 2.45) is 4.99 Å². The number of phenols is 1. The summed E-state index contributed by atoms with van der Waals surface area (Å²) in [7, 11) is 0. The third-order valence-electron chi connectivity index (χ3n) is 5.27. The molecule has 0 saturated carbocycles. The molecule has 1 N–H and O–H groups in total. The van der Waals surface area contributed by atoms with Crippen LogP contribution in [-0.4, -0.2) is 28.9 Å². The van der Waals surface area contributed by atoms with E-state index < -0.39 is 12.0 Å². The third-order valence-corrected chi connectivity index (χ3v) is 6.25. The summed E-state index contributed by atoms with van der Waals surface area (Å²) in [6.45, 7) is 7.72. The first kappa shape index (κ1) is 23.3. The highest BCUT2D eigenvalue weighted by Gasteiger charge is 2.33. The first-order valence-corrected chi connectivity index (χ1v) is 11.6. The molecule has 0 fully saturated rings. The predicted octanol–water partition coefficient (Wildman–Crippen LogP) is 3.07. The van der Waals surface area contributed by atoms with E-state index in [4.69, 9.17) is 9.47 Å². The minimum Gasteiger partial charge on any atom is -0.508 e. The summed E-state index contributed by atoms with van der Waals surface area (Å²) >= 11 is 1.25. The number of carbonyl (C=O) groups excluding carboxylic acids is 1. The molecule has 7 nitrogen and oxygen atoms in total. The minimum atomic E-state index is -0.689. The molecular weight excluding hydrogens is 452 g/mol. The summed E-state index contributed by atoms with van der Waals surface area (Å²) in [5.41, 5.74) is 2.08. The Hall–Kier alpha value is -3.91. The number of hydrogen-bond acceptors (Lipinski definition) is 7. The second-order valence-corrected chi connectivity index (χ2v) is 8.57. The largest absolute Gasteiger partial charge is 0.508 e. The van der Waals surface area contributed by atoms with E-state index in [2.05, 4.69) is 11.6 Å². The molecule has 0 radical (unpaired) electrons. The molecule has 174 valence electrons. The van der Waals surface area contributed by atoms with Gasteiger partial charge in [0.1, 0.15) is 18.1 Å². The highest BCUT2D eigenvalue weighted by atomic mass is 32.1. The standard InChI is InChI=1S/C26H24N2O5S/c1-4-14-33-20-12-8-18(9-13-20)23-22(25(31)32-5-2)16(3)27-26-28(23)24(30)21(34-26)15-17-6-10-19(29)11-7-17/h4,6-13,15,23,29H,1,5,14H2,2-3H3/b21-15-. The average molecular weight is 477 g/mol. The van der Waals surface area contributed by atoms with Gasteiger partial charge in [0, 0.05) is 0 Å². The van der Waals surface area contributed by atoms with Crippen LogP contribution in [0.25, 0.3) is 6.08 Å². The Kier molecular flexibility index (Phi) is 6.79. The van der Waals surface area contributed by atoms with Crippen LogP contribution in [0.2, 0.25) is 0 Å². The van der Waals surface area contributed by atoms with Gasteiger partial charge in [-0.15, -0.1) is 0 Å². The van der Waals surface area contributed by atoms with Crippen molar-refractivity contribution in [1.29, 1.82) is 0 Å². The number of nitrogens with zero attached hydrogens (tertiary/aromatic N) is 2. The molecule has 1 aliphatic heterocycles. The Morgan fingerprint density at radius 1 is 1.21 bits per heavy atom. The zero-order chi connectivity index (χ0) is 24.2. The van der Waals surface area contributed by atoms with E-state index >= 15 is 0 Å². The fraction of sp³-hybridized carbons (Fsp3) is 0.192. The monoisotopic (exact) mass is 476 g/mol. The summed E-state index contributed by atoms with van der Waals surface area (Å²) in [6.07, 6.45) is 3.40. The maximum atomic E-state index is 13.5. The van der Waals surface area contributed by atoms with E-state index in [-0.39, 0.29) is 17.9 Å². The number of hydrogen-bond donors (Lipinski definition) is 1. The molecular formula is C26H24N2O5S. The minimum absolute atomic E-state index is 0.147. The van der Waals surface area contributed by atoms with Gasteiger partial charge in [-0.25, -0.2) is 9.79 Å². The molecule has 8 heteroatoms. The molecule has 2 heterocycles. The number of ether oxygens (including phenoxy) is 2. The van der Waals surface area contributed by atoms with E-state index in [0.717, 1.165) is 11.1 Å². The maximum absolute atomic E-state index is 13.5. The zero-order valence-corrected chi connectivity index (χ0v) is 19.7.